The Morgan fingerprint density at radius 2 is 1.21 bits per heavy atom. The Labute approximate surface area is 207 Å². The fourth-order valence-electron chi connectivity index (χ4n) is 5.42. The quantitative estimate of drug-likeness (QED) is 0.163. The molecular formula is C31H23N2Te+. The fourth-order valence-corrected chi connectivity index (χ4v) is 9.02. The van der Waals surface area contributed by atoms with Crippen LogP contribution in [0.4, 0.5) is 0 Å². The Balaban J connectivity index is 1.65. The number of aromatic nitrogens is 2. The minimum atomic E-state index is -0.446. The van der Waals surface area contributed by atoms with E-state index in [4.69, 9.17) is 0 Å². The Morgan fingerprint density at radius 1 is 0.647 bits per heavy atom. The molecule has 0 N–H and O–H groups in total. The van der Waals surface area contributed by atoms with Gasteiger partial charge in [0.05, 0.1) is 0 Å². The van der Waals surface area contributed by atoms with Crippen molar-refractivity contribution in [2.45, 2.75) is 6.92 Å². The molecule has 0 fully saturated rings. The van der Waals surface area contributed by atoms with Crippen LogP contribution < -0.4 is 4.57 Å². The van der Waals surface area contributed by atoms with Crippen molar-refractivity contribution in [1.29, 1.82) is 0 Å². The van der Waals surface area contributed by atoms with Crippen molar-refractivity contribution in [3.63, 3.8) is 0 Å². The number of fused-ring (bicyclic) bond motifs is 5. The van der Waals surface area contributed by atoms with Crippen LogP contribution in [0.15, 0.2) is 103 Å². The van der Waals surface area contributed by atoms with Gasteiger partial charge in [0.25, 0.3) is 0 Å². The van der Waals surface area contributed by atoms with Gasteiger partial charge in [-0.25, -0.2) is 0 Å². The van der Waals surface area contributed by atoms with Crippen LogP contribution >= 0.6 is 0 Å². The minimum absolute atomic E-state index is 0.446. The monoisotopic (exact) mass is 553 g/mol. The standard InChI is InChI=1S/C31H23N2Te/c1-20-21-11-6-10-18-30(21)34-31(20)29-19-28(24-14-5-7-15-25(24)32(29)2)33-26-16-8-3-12-22(26)23-13-4-9-17-27(23)33/h3-19H,1-2H3/q+1. The van der Waals surface area contributed by atoms with Gasteiger partial charge < -0.3 is 0 Å². The normalized spacial score (nSPS) is 11.8. The summed E-state index contributed by atoms with van der Waals surface area (Å²) in [7, 11) is 2.23. The van der Waals surface area contributed by atoms with Gasteiger partial charge in [0, 0.05) is 0 Å². The first-order chi connectivity index (χ1) is 16.7. The van der Waals surface area contributed by atoms with Crippen LogP contribution in [0.1, 0.15) is 5.56 Å². The van der Waals surface area contributed by atoms with Gasteiger partial charge in [0.2, 0.25) is 0 Å². The first-order valence-electron chi connectivity index (χ1n) is 11.6. The number of hydrogen-bond donors (Lipinski definition) is 0. The third-order valence-electron chi connectivity index (χ3n) is 7.07. The molecule has 0 radical (unpaired) electrons. The second-order valence-corrected chi connectivity index (χ2v) is 11.9. The maximum atomic E-state index is 2.47. The molecule has 162 valence electrons. The molecular weight excluding hydrogens is 528 g/mol. The molecule has 0 spiro atoms. The molecule has 0 bridgehead atoms. The molecule has 7 rings (SSSR count). The summed E-state index contributed by atoms with van der Waals surface area (Å²) in [6.07, 6.45) is 0. The average Bonchev–Trinajstić information content (AvgIpc) is 3.40. The summed E-state index contributed by atoms with van der Waals surface area (Å²) >= 11 is -0.446. The van der Waals surface area contributed by atoms with Gasteiger partial charge in [-0.2, -0.15) is 0 Å². The van der Waals surface area contributed by atoms with Crippen molar-refractivity contribution in [1.82, 2.24) is 4.57 Å². The second-order valence-electron chi connectivity index (χ2n) is 8.91. The van der Waals surface area contributed by atoms with Gasteiger partial charge in [-0.1, -0.05) is 0 Å². The summed E-state index contributed by atoms with van der Waals surface area (Å²) in [5, 5.41) is 5.31. The van der Waals surface area contributed by atoms with Crippen molar-refractivity contribution < 1.29 is 4.57 Å². The molecule has 3 heteroatoms. The summed E-state index contributed by atoms with van der Waals surface area (Å²) in [4.78, 5) is 0. The van der Waals surface area contributed by atoms with Crippen molar-refractivity contribution in [2.24, 2.45) is 7.05 Å². The van der Waals surface area contributed by atoms with Gasteiger partial charge >= 0.3 is 209 Å². The first kappa shape index (κ1) is 20.0. The molecule has 3 heterocycles. The molecule has 0 unspecified atom stereocenters. The summed E-state index contributed by atoms with van der Waals surface area (Å²) in [6.45, 7) is 2.31. The maximum absolute atomic E-state index is 2.47. The van der Waals surface area contributed by atoms with Gasteiger partial charge in [0.15, 0.2) is 0 Å². The third-order valence-corrected chi connectivity index (χ3v) is 10.8. The Kier molecular flexibility index (Phi) is 4.46. The number of benzene rings is 4. The van der Waals surface area contributed by atoms with E-state index in [0.29, 0.717) is 0 Å². The molecule has 0 atom stereocenters. The molecule has 0 aliphatic rings. The van der Waals surface area contributed by atoms with Gasteiger partial charge in [-0.3, -0.25) is 0 Å². The molecule has 0 saturated carbocycles. The van der Waals surface area contributed by atoms with Crippen molar-refractivity contribution in [3.05, 3.63) is 109 Å². The zero-order chi connectivity index (χ0) is 22.8. The predicted molar refractivity (Wildman–Crippen MR) is 144 cm³/mol. The van der Waals surface area contributed by atoms with Crippen molar-refractivity contribution >= 4 is 61.9 Å². The average molecular weight is 551 g/mol. The van der Waals surface area contributed by atoms with Crippen LogP contribution in [0.25, 0.3) is 56.5 Å². The second kappa shape index (κ2) is 7.57. The Hall–Kier alpha value is -3.38. The molecule has 4 aromatic carbocycles. The van der Waals surface area contributed by atoms with Gasteiger partial charge in [-0.05, 0) is 0 Å². The molecule has 0 saturated heterocycles. The predicted octanol–water partition coefficient (Wildman–Crippen LogP) is 6.95. The number of rotatable bonds is 2. The summed E-state index contributed by atoms with van der Waals surface area (Å²) in [5.74, 6) is 0. The van der Waals surface area contributed by atoms with Crippen LogP contribution in [0, 0.1) is 6.92 Å². The zero-order valence-electron chi connectivity index (χ0n) is 19.1. The summed E-state index contributed by atoms with van der Waals surface area (Å²) in [5.41, 5.74) is 7.81. The van der Waals surface area contributed by atoms with E-state index in [-0.39, 0.29) is 0 Å². The summed E-state index contributed by atoms with van der Waals surface area (Å²) in [6, 6.07) is 37.8. The molecule has 0 amide bonds. The number of para-hydroxylation sites is 3. The van der Waals surface area contributed by atoms with Gasteiger partial charge in [0.1, 0.15) is 0 Å². The van der Waals surface area contributed by atoms with E-state index in [1.54, 1.807) is 6.98 Å². The molecule has 0 aliphatic carbocycles. The molecule has 0 aliphatic heterocycles. The molecule has 2 nitrogen and oxygen atoms in total. The Morgan fingerprint density at radius 3 is 1.88 bits per heavy atom. The van der Waals surface area contributed by atoms with Crippen molar-refractivity contribution in [2.75, 3.05) is 0 Å². The van der Waals surface area contributed by atoms with Crippen molar-refractivity contribution in [3.8, 4) is 15.0 Å². The molecule has 3 aromatic heterocycles. The van der Waals surface area contributed by atoms with Crippen LogP contribution in [-0.4, -0.2) is 25.0 Å². The number of pyridine rings is 1. The van der Waals surface area contributed by atoms with Crippen LogP contribution in [0.3, 0.4) is 0 Å². The first-order valence-corrected chi connectivity index (χ1v) is 13.9. The van der Waals surface area contributed by atoms with E-state index in [1.165, 1.54) is 55.0 Å². The number of aryl methyl sites for hydroxylation is 2. The van der Waals surface area contributed by atoms with E-state index < -0.39 is 20.4 Å². The van der Waals surface area contributed by atoms with E-state index >= 15 is 0 Å². The van der Waals surface area contributed by atoms with Crippen LogP contribution in [-0.2, 0) is 7.05 Å². The van der Waals surface area contributed by atoms with E-state index in [2.05, 4.69) is 126 Å². The van der Waals surface area contributed by atoms with E-state index in [0.717, 1.165) is 0 Å². The molecule has 7 aromatic rings. The summed E-state index contributed by atoms with van der Waals surface area (Å²) < 4.78 is 7.96. The van der Waals surface area contributed by atoms with Gasteiger partial charge in [-0.15, -0.1) is 0 Å². The fraction of sp³-hybridized carbons (Fsp3) is 0.0645. The number of hydrogen-bond acceptors (Lipinski definition) is 0. The topological polar surface area (TPSA) is 8.81 Å². The number of nitrogens with zero attached hydrogens (tertiary/aromatic N) is 2. The van der Waals surface area contributed by atoms with E-state index in [9.17, 15) is 0 Å². The van der Waals surface area contributed by atoms with E-state index in [1.807, 2.05) is 0 Å². The van der Waals surface area contributed by atoms with Crippen LogP contribution in [0.2, 0.25) is 0 Å². The molecule has 34 heavy (non-hydrogen) atoms. The Bertz CT molecular complexity index is 1830. The van der Waals surface area contributed by atoms with Crippen LogP contribution in [0.5, 0.6) is 0 Å². The third kappa shape index (κ3) is 2.78. The zero-order valence-corrected chi connectivity index (χ0v) is 21.4. The SMILES string of the molecule is Cc1c(-c2cc(-n3c4ccccc4c4ccccc43)c3ccccc3[n+]2C)[te]c2ccccc12.